The quantitative estimate of drug-likeness (QED) is 0.0615. The van der Waals surface area contributed by atoms with Crippen molar-refractivity contribution in [1.82, 2.24) is 5.32 Å². The molecule has 0 amide bonds. The molecule has 58 heavy (non-hydrogen) atoms. The van der Waals surface area contributed by atoms with E-state index in [1.165, 1.54) is 25.0 Å². The second kappa shape index (κ2) is 18.2. The lowest BCUT2D eigenvalue weighted by molar-refractivity contribution is -0.150. The molecule has 4 atom stereocenters. The van der Waals surface area contributed by atoms with Crippen molar-refractivity contribution >= 4 is 35.1 Å². The van der Waals surface area contributed by atoms with Crippen molar-refractivity contribution in [2.24, 2.45) is 5.41 Å². The molecule has 0 aromatic heterocycles. The van der Waals surface area contributed by atoms with E-state index in [1.54, 1.807) is 24.3 Å². The van der Waals surface area contributed by atoms with Crippen molar-refractivity contribution in [3.8, 4) is 34.1 Å². The van der Waals surface area contributed by atoms with Crippen LogP contribution in [0.4, 0.5) is 0 Å². The van der Waals surface area contributed by atoms with Crippen molar-refractivity contribution in [3.63, 3.8) is 0 Å². The van der Waals surface area contributed by atoms with Gasteiger partial charge in [-0.05, 0) is 117 Å². The molecule has 6 rings (SSSR count). The fraction of sp³-hybridized carbons (Fsp3) is 0.422. The number of nitrogens with one attached hydrogen (secondary N) is 1. The number of carboxylic acid groups (broad SMARTS) is 2. The van der Waals surface area contributed by atoms with Gasteiger partial charge in [-0.25, -0.2) is 0 Å². The Morgan fingerprint density at radius 2 is 1.22 bits per heavy atom. The molecule has 0 fully saturated rings. The Morgan fingerprint density at radius 3 is 1.67 bits per heavy atom. The number of aliphatic hydroxyl groups excluding tert-OH is 2. The van der Waals surface area contributed by atoms with Gasteiger partial charge in [-0.3, -0.25) is 14.9 Å². The number of carbonyl (C=O) groups is 2. The molecular formula is C45H51Cl2NO10. The van der Waals surface area contributed by atoms with Gasteiger partial charge in [-0.2, -0.15) is 0 Å². The Kier molecular flexibility index (Phi) is 13.5. The summed E-state index contributed by atoms with van der Waals surface area (Å²) in [4.78, 5) is 23.5. The largest absolute Gasteiger partial charge is 0.493 e. The zero-order valence-electron chi connectivity index (χ0n) is 33.2. The van der Waals surface area contributed by atoms with Gasteiger partial charge in [0.15, 0.2) is 0 Å². The van der Waals surface area contributed by atoms with Crippen LogP contribution in [0.1, 0.15) is 92.5 Å². The van der Waals surface area contributed by atoms with E-state index in [4.69, 9.17) is 42.1 Å². The van der Waals surface area contributed by atoms with Crippen LogP contribution in [0.15, 0.2) is 60.7 Å². The zero-order valence-corrected chi connectivity index (χ0v) is 34.7. The van der Waals surface area contributed by atoms with Crippen molar-refractivity contribution < 1.29 is 49.0 Å². The lowest BCUT2D eigenvalue weighted by Gasteiger charge is -2.25. The third kappa shape index (κ3) is 8.89. The summed E-state index contributed by atoms with van der Waals surface area (Å²) in [5.74, 6) is -0.201. The molecule has 0 unspecified atom stereocenters. The van der Waals surface area contributed by atoms with E-state index in [0.29, 0.717) is 58.2 Å². The van der Waals surface area contributed by atoms with Gasteiger partial charge >= 0.3 is 11.9 Å². The minimum Gasteiger partial charge on any atom is -0.493 e. The van der Waals surface area contributed by atoms with Crippen LogP contribution in [0.2, 0.25) is 10.0 Å². The summed E-state index contributed by atoms with van der Waals surface area (Å²) in [6.45, 7) is 6.50. The number of aliphatic hydroxyl groups is 2. The molecule has 4 aromatic carbocycles. The predicted molar refractivity (Wildman–Crippen MR) is 222 cm³/mol. The van der Waals surface area contributed by atoms with Crippen molar-refractivity contribution in [3.05, 3.63) is 104 Å². The second-order valence-corrected chi connectivity index (χ2v) is 16.2. The summed E-state index contributed by atoms with van der Waals surface area (Å²) in [7, 11) is 0. The average Bonchev–Trinajstić information content (AvgIpc) is 3.82. The third-order valence-corrected chi connectivity index (χ3v) is 11.9. The number of benzene rings is 4. The SMILES string of the molecule is CCOc1cc(O[C@@H]2CCc3c(-c4cccc5c4CC[C@@H]5Oc4cc(OCC)c(CN[C@@](C)(CO)C(=O)O)cc4Cl)cccc32)c(Cl)cc1CC[C@@](C)(CO)C(=O)O. The topological polar surface area (TPSA) is 164 Å². The van der Waals surface area contributed by atoms with E-state index in [0.717, 1.165) is 53.5 Å². The number of hydrogen-bond acceptors (Lipinski definition) is 9. The molecule has 0 bridgehead atoms. The normalized spacial score (nSPS) is 17.8. The van der Waals surface area contributed by atoms with Gasteiger partial charge in [0.1, 0.15) is 40.7 Å². The highest BCUT2D eigenvalue weighted by atomic mass is 35.5. The van der Waals surface area contributed by atoms with Crippen molar-refractivity contribution in [1.29, 1.82) is 0 Å². The number of aliphatic carboxylic acids is 2. The highest BCUT2D eigenvalue weighted by molar-refractivity contribution is 6.32. The smallest absolute Gasteiger partial charge is 0.326 e. The second-order valence-electron chi connectivity index (χ2n) is 15.4. The molecule has 310 valence electrons. The number of carboxylic acids is 2. The number of hydrogen-bond donors (Lipinski definition) is 5. The van der Waals surface area contributed by atoms with Gasteiger partial charge < -0.3 is 39.4 Å². The molecule has 5 N–H and O–H groups in total. The zero-order chi connectivity index (χ0) is 41.8. The van der Waals surface area contributed by atoms with Crippen LogP contribution in [0, 0.1) is 5.41 Å². The van der Waals surface area contributed by atoms with E-state index in [2.05, 4.69) is 41.7 Å². The summed E-state index contributed by atoms with van der Waals surface area (Å²) in [6.07, 6.45) is 3.18. The van der Waals surface area contributed by atoms with Gasteiger partial charge in [-0.1, -0.05) is 59.6 Å². The van der Waals surface area contributed by atoms with Crippen molar-refractivity contribution in [2.45, 2.75) is 90.5 Å². The summed E-state index contributed by atoms with van der Waals surface area (Å²) < 4.78 is 25.1. The van der Waals surface area contributed by atoms with E-state index in [-0.39, 0.29) is 25.2 Å². The maximum atomic E-state index is 11.8. The number of fused-ring (bicyclic) bond motifs is 2. The Balaban J connectivity index is 1.22. The molecule has 0 radical (unpaired) electrons. The number of ether oxygens (including phenoxy) is 4. The Labute approximate surface area is 348 Å². The first kappa shape index (κ1) is 43.1. The Morgan fingerprint density at radius 1 is 0.724 bits per heavy atom. The number of rotatable bonds is 19. The van der Waals surface area contributed by atoms with Crippen molar-refractivity contribution in [2.75, 3.05) is 26.4 Å². The number of aryl methyl sites for hydroxylation is 1. The van der Waals surface area contributed by atoms with Gasteiger partial charge in [0, 0.05) is 24.2 Å². The van der Waals surface area contributed by atoms with Crippen LogP contribution in [0.5, 0.6) is 23.0 Å². The van der Waals surface area contributed by atoms with Gasteiger partial charge in [-0.15, -0.1) is 0 Å². The molecule has 0 spiro atoms. The molecule has 4 aromatic rings. The van der Waals surface area contributed by atoms with Crippen LogP contribution in [-0.4, -0.2) is 64.3 Å². The van der Waals surface area contributed by atoms with Gasteiger partial charge in [0.25, 0.3) is 0 Å². The van der Waals surface area contributed by atoms with Crippen LogP contribution in [-0.2, 0) is 35.4 Å². The number of halogens is 2. The molecule has 0 saturated heterocycles. The van der Waals surface area contributed by atoms with E-state index in [1.807, 2.05) is 13.8 Å². The highest BCUT2D eigenvalue weighted by Gasteiger charge is 2.35. The molecule has 2 aliphatic rings. The summed E-state index contributed by atoms with van der Waals surface area (Å²) in [5.41, 5.74) is 5.47. The van der Waals surface area contributed by atoms with Crippen LogP contribution >= 0.6 is 23.2 Å². The summed E-state index contributed by atoms with van der Waals surface area (Å²) >= 11 is 13.6. The molecule has 0 heterocycles. The van der Waals surface area contributed by atoms with Crippen LogP contribution < -0.4 is 24.3 Å². The fourth-order valence-corrected chi connectivity index (χ4v) is 8.15. The molecule has 0 saturated carbocycles. The summed E-state index contributed by atoms with van der Waals surface area (Å²) in [6, 6.07) is 19.6. The molecule has 2 aliphatic carbocycles. The van der Waals surface area contributed by atoms with E-state index in [9.17, 15) is 30.0 Å². The Hall–Kier alpha value is -4.52. The Bertz CT molecular complexity index is 2010. The minimum atomic E-state index is -1.53. The van der Waals surface area contributed by atoms with E-state index >= 15 is 0 Å². The minimum absolute atomic E-state index is 0.108. The highest BCUT2D eigenvalue weighted by Crippen LogP contribution is 2.47. The molecule has 11 nitrogen and oxygen atoms in total. The van der Waals surface area contributed by atoms with Gasteiger partial charge in [0.05, 0.1) is 41.9 Å². The first-order valence-electron chi connectivity index (χ1n) is 19.7. The van der Waals surface area contributed by atoms with Crippen LogP contribution in [0.3, 0.4) is 0 Å². The van der Waals surface area contributed by atoms with Gasteiger partial charge in [0.2, 0.25) is 0 Å². The standard InChI is InChI=1S/C45H51Cl2NO10/c1-5-55-38-21-40(34(46)19-26(38)17-18-44(3,24-49)42(51)52)57-36-15-13-30-28(9-7-11-32(30)36)29-10-8-12-33-31(29)14-16-37(33)58-41-22-39(56-6-2)27(20-35(41)47)23-48-45(4,25-50)43(53)54/h7-12,19-22,36-37,48-50H,5-6,13-18,23-25H2,1-4H3,(H,51,52)(H,53,54)/t36-,37+,44+,45+/m1/s1. The molecule has 13 heteroatoms. The molecular weight excluding hydrogens is 785 g/mol. The molecule has 0 aliphatic heterocycles. The lowest BCUT2D eigenvalue weighted by Crippen LogP contribution is -2.52. The monoisotopic (exact) mass is 835 g/mol. The first-order chi connectivity index (χ1) is 27.7. The van der Waals surface area contributed by atoms with Crippen LogP contribution in [0.25, 0.3) is 11.1 Å². The predicted octanol–water partition coefficient (Wildman–Crippen LogP) is 8.53. The maximum absolute atomic E-state index is 11.8. The van der Waals surface area contributed by atoms with E-state index < -0.39 is 36.1 Å². The maximum Gasteiger partial charge on any atom is 0.326 e. The fourth-order valence-electron chi connectivity index (χ4n) is 7.69. The first-order valence-corrected chi connectivity index (χ1v) is 20.4. The third-order valence-electron chi connectivity index (χ3n) is 11.4. The lowest BCUT2D eigenvalue weighted by atomic mass is 9.85. The summed E-state index contributed by atoms with van der Waals surface area (Å²) in [5, 5.41) is 42.3. The average molecular weight is 837 g/mol.